The lowest BCUT2D eigenvalue weighted by Gasteiger charge is -2.30. The topological polar surface area (TPSA) is 136 Å². The normalized spacial score (nSPS) is 16.1. The van der Waals surface area contributed by atoms with Crippen molar-refractivity contribution in [2.24, 2.45) is 11.1 Å². The number of sulfonamides is 2. The number of benzene rings is 2. The lowest BCUT2D eigenvalue weighted by Crippen LogP contribution is -2.41. The first-order valence-electron chi connectivity index (χ1n) is 9.30. The van der Waals surface area contributed by atoms with Crippen molar-refractivity contribution in [1.82, 2.24) is 4.31 Å². The Labute approximate surface area is 180 Å². The van der Waals surface area contributed by atoms with Gasteiger partial charge < -0.3 is 10.1 Å². The van der Waals surface area contributed by atoms with Crippen molar-refractivity contribution < 1.29 is 30.8 Å². The molecule has 3 N–H and O–H groups in total. The molecule has 2 aromatic rings. The molecule has 0 radical (unpaired) electrons. The SMILES string of the molecule is COc1ccc(F)cc1S(=O)(=O)N1CCC(C(=O)Nc2ccc(S(N)(=O)=O)cc2)CC1. The van der Waals surface area contributed by atoms with E-state index in [0.717, 1.165) is 12.1 Å². The monoisotopic (exact) mass is 471 g/mol. The Morgan fingerprint density at radius 1 is 1.10 bits per heavy atom. The number of rotatable bonds is 6. The van der Waals surface area contributed by atoms with E-state index >= 15 is 0 Å². The lowest BCUT2D eigenvalue weighted by molar-refractivity contribution is -0.120. The fraction of sp³-hybridized carbons (Fsp3) is 0.316. The van der Waals surface area contributed by atoms with Gasteiger partial charge in [-0.2, -0.15) is 4.31 Å². The minimum atomic E-state index is -3.99. The summed E-state index contributed by atoms with van der Waals surface area (Å²) < 4.78 is 68.3. The lowest BCUT2D eigenvalue weighted by atomic mass is 9.97. The second-order valence-electron chi connectivity index (χ2n) is 7.03. The molecular weight excluding hydrogens is 449 g/mol. The molecular formula is C19H22FN3O6S2. The Bertz CT molecular complexity index is 1180. The maximum atomic E-state index is 13.6. The maximum absolute atomic E-state index is 13.6. The molecule has 1 aliphatic heterocycles. The standard InChI is InChI=1S/C19H22FN3O6S2/c1-29-17-7-2-14(20)12-18(17)31(27,28)23-10-8-13(9-11-23)19(24)22-15-3-5-16(6-4-15)30(21,25)26/h2-7,12-13H,8-11H2,1H3,(H,22,24)(H2,21,25,26). The van der Waals surface area contributed by atoms with Crippen LogP contribution >= 0.6 is 0 Å². The number of nitrogens with two attached hydrogens (primary N) is 1. The van der Waals surface area contributed by atoms with Crippen molar-refractivity contribution in [3.63, 3.8) is 0 Å². The van der Waals surface area contributed by atoms with E-state index in [2.05, 4.69) is 5.32 Å². The van der Waals surface area contributed by atoms with Gasteiger partial charge in [0.2, 0.25) is 26.0 Å². The van der Waals surface area contributed by atoms with Crippen LogP contribution in [-0.4, -0.2) is 47.2 Å². The highest BCUT2D eigenvalue weighted by Crippen LogP contribution is 2.30. The smallest absolute Gasteiger partial charge is 0.246 e. The van der Waals surface area contributed by atoms with Gasteiger partial charge >= 0.3 is 0 Å². The molecule has 12 heteroatoms. The summed E-state index contributed by atoms with van der Waals surface area (Å²) in [6.45, 7) is 0.175. The van der Waals surface area contributed by atoms with Gasteiger partial charge in [0.25, 0.3) is 0 Å². The highest BCUT2D eigenvalue weighted by atomic mass is 32.2. The second kappa shape index (κ2) is 8.91. The predicted octanol–water partition coefficient (Wildman–Crippen LogP) is 1.52. The van der Waals surface area contributed by atoms with Gasteiger partial charge in [0.15, 0.2) is 0 Å². The number of amides is 1. The number of anilines is 1. The van der Waals surface area contributed by atoms with Crippen molar-refractivity contribution in [2.75, 3.05) is 25.5 Å². The van der Waals surface area contributed by atoms with E-state index in [4.69, 9.17) is 9.88 Å². The van der Waals surface area contributed by atoms with Crippen molar-refractivity contribution in [2.45, 2.75) is 22.6 Å². The molecule has 0 spiro atoms. The van der Waals surface area contributed by atoms with Crippen LogP contribution in [0, 0.1) is 11.7 Å². The zero-order valence-electron chi connectivity index (χ0n) is 16.6. The number of hydrogen-bond acceptors (Lipinski definition) is 6. The van der Waals surface area contributed by atoms with E-state index in [1.54, 1.807) is 0 Å². The first kappa shape index (κ1) is 23.1. The summed E-state index contributed by atoms with van der Waals surface area (Å²) in [5, 5.41) is 7.73. The summed E-state index contributed by atoms with van der Waals surface area (Å²) in [6, 6.07) is 8.70. The molecule has 1 fully saturated rings. The van der Waals surface area contributed by atoms with E-state index in [9.17, 15) is 26.0 Å². The molecule has 0 atom stereocenters. The third kappa shape index (κ3) is 5.21. The number of carbonyl (C=O) groups is 1. The molecule has 0 aromatic heterocycles. The van der Waals surface area contributed by atoms with E-state index in [0.29, 0.717) is 5.69 Å². The van der Waals surface area contributed by atoms with Crippen LogP contribution in [0.1, 0.15) is 12.8 Å². The van der Waals surface area contributed by atoms with E-state index < -0.39 is 31.8 Å². The molecule has 0 unspecified atom stereocenters. The van der Waals surface area contributed by atoms with E-state index in [-0.39, 0.29) is 47.4 Å². The summed E-state index contributed by atoms with van der Waals surface area (Å²) in [7, 11) is -6.51. The average molecular weight is 472 g/mol. The molecule has 1 heterocycles. The molecule has 1 amide bonds. The zero-order valence-corrected chi connectivity index (χ0v) is 18.2. The molecule has 0 bridgehead atoms. The first-order chi connectivity index (χ1) is 14.5. The van der Waals surface area contributed by atoms with Gasteiger partial charge in [0.05, 0.1) is 12.0 Å². The van der Waals surface area contributed by atoms with Crippen LogP contribution in [-0.2, 0) is 24.8 Å². The Morgan fingerprint density at radius 3 is 2.26 bits per heavy atom. The zero-order chi connectivity index (χ0) is 22.8. The van der Waals surface area contributed by atoms with Crippen LogP contribution < -0.4 is 15.2 Å². The number of methoxy groups -OCH3 is 1. The van der Waals surface area contributed by atoms with E-state index in [1.807, 2.05) is 0 Å². The molecule has 168 valence electrons. The number of carbonyl (C=O) groups excluding carboxylic acids is 1. The van der Waals surface area contributed by atoms with Crippen molar-refractivity contribution in [3.05, 3.63) is 48.3 Å². The Hall–Kier alpha value is -2.54. The predicted molar refractivity (Wildman–Crippen MR) is 111 cm³/mol. The molecule has 0 aliphatic carbocycles. The Balaban J connectivity index is 1.65. The molecule has 2 aromatic carbocycles. The van der Waals surface area contributed by atoms with Crippen molar-refractivity contribution in [1.29, 1.82) is 0 Å². The maximum Gasteiger partial charge on any atom is 0.246 e. The second-order valence-corrected chi connectivity index (χ2v) is 10.5. The van der Waals surface area contributed by atoms with Crippen LogP contribution in [0.4, 0.5) is 10.1 Å². The first-order valence-corrected chi connectivity index (χ1v) is 12.3. The number of piperidine rings is 1. The molecule has 1 aliphatic rings. The third-order valence-electron chi connectivity index (χ3n) is 5.02. The number of hydrogen-bond donors (Lipinski definition) is 2. The van der Waals surface area contributed by atoms with Gasteiger partial charge in [0.1, 0.15) is 16.5 Å². The molecule has 9 nitrogen and oxygen atoms in total. The van der Waals surface area contributed by atoms with Gasteiger partial charge in [-0.25, -0.2) is 26.4 Å². The van der Waals surface area contributed by atoms with Crippen molar-refractivity contribution in [3.8, 4) is 5.75 Å². The number of ether oxygens (including phenoxy) is 1. The quantitative estimate of drug-likeness (QED) is 0.656. The molecule has 31 heavy (non-hydrogen) atoms. The number of halogens is 1. The van der Waals surface area contributed by atoms with Crippen LogP contribution in [0.5, 0.6) is 5.75 Å². The minimum absolute atomic E-state index is 0.0456. The van der Waals surface area contributed by atoms with E-state index in [1.165, 1.54) is 41.7 Å². The Morgan fingerprint density at radius 2 is 1.71 bits per heavy atom. The summed E-state index contributed by atoms with van der Waals surface area (Å²) in [5.74, 6) is -1.38. The summed E-state index contributed by atoms with van der Waals surface area (Å²) in [5.41, 5.74) is 0.400. The largest absolute Gasteiger partial charge is 0.495 e. The fourth-order valence-electron chi connectivity index (χ4n) is 3.32. The molecule has 1 saturated heterocycles. The minimum Gasteiger partial charge on any atom is -0.495 e. The number of nitrogens with one attached hydrogen (secondary N) is 1. The number of nitrogens with zero attached hydrogens (tertiary/aromatic N) is 1. The van der Waals surface area contributed by atoms with Crippen molar-refractivity contribution >= 4 is 31.6 Å². The average Bonchev–Trinajstić information content (AvgIpc) is 2.73. The van der Waals surface area contributed by atoms with Crippen LogP contribution in [0.3, 0.4) is 0 Å². The van der Waals surface area contributed by atoms with Gasteiger partial charge in [0, 0.05) is 24.7 Å². The highest BCUT2D eigenvalue weighted by Gasteiger charge is 2.34. The Kier molecular flexibility index (Phi) is 6.65. The fourth-order valence-corrected chi connectivity index (χ4v) is 5.47. The number of primary sulfonamides is 1. The summed E-state index contributed by atoms with van der Waals surface area (Å²) in [6.07, 6.45) is 0.552. The van der Waals surface area contributed by atoms with Crippen LogP contribution in [0.15, 0.2) is 52.3 Å². The van der Waals surface area contributed by atoms with Crippen LogP contribution in [0.25, 0.3) is 0 Å². The molecule has 0 saturated carbocycles. The van der Waals surface area contributed by atoms with Gasteiger partial charge in [-0.05, 0) is 55.3 Å². The highest BCUT2D eigenvalue weighted by molar-refractivity contribution is 7.89. The third-order valence-corrected chi connectivity index (χ3v) is 7.87. The summed E-state index contributed by atoms with van der Waals surface area (Å²) in [4.78, 5) is 12.2. The van der Waals surface area contributed by atoms with Crippen LogP contribution in [0.2, 0.25) is 0 Å². The summed E-state index contributed by atoms with van der Waals surface area (Å²) >= 11 is 0. The van der Waals surface area contributed by atoms with Gasteiger partial charge in [-0.15, -0.1) is 0 Å². The van der Waals surface area contributed by atoms with Gasteiger partial charge in [-0.1, -0.05) is 0 Å². The molecule has 3 rings (SSSR count). The van der Waals surface area contributed by atoms with Gasteiger partial charge in [-0.3, -0.25) is 4.79 Å².